The summed E-state index contributed by atoms with van der Waals surface area (Å²) < 4.78 is 30.8. The van der Waals surface area contributed by atoms with Gasteiger partial charge < -0.3 is 16.4 Å². The third-order valence-corrected chi connectivity index (χ3v) is 6.05. The van der Waals surface area contributed by atoms with E-state index >= 15 is 0 Å². The lowest BCUT2D eigenvalue weighted by Gasteiger charge is -2.24. The van der Waals surface area contributed by atoms with Gasteiger partial charge in [0.1, 0.15) is 10.9 Å². The number of nitrogens with zero attached hydrogens (tertiary/aromatic N) is 5. The number of nitrogens with two attached hydrogens (primary N) is 2. The molecule has 0 saturated carbocycles. The minimum Gasteiger partial charge on any atom is -0.370 e. The summed E-state index contributed by atoms with van der Waals surface area (Å²) in [4.78, 5) is 17.7. The maximum atomic E-state index is 12.5. The lowest BCUT2D eigenvalue weighted by molar-refractivity contribution is -0.118. The lowest BCUT2D eigenvalue weighted by atomic mass is 10.2. The van der Waals surface area contributed by atoms with E-state index in [9.17, 15) is 13.2 Å². The van der Waals surface area contributed by atoms with Crippen LogP contribution < -0.4 is 16.4 Å². The van der Waals surface area contributed by atoms with Gasteiger partial charge in [0.25, 0.3) is 5.91 Å². The van der Waals surface area contributed by atoms with E-state index in [1.165, 1.54) is 20.2 Å². The number of hydrogen-bond donors (Lipinski definition) is 2. The molecule has 2 aromatic rings. The van der Waals surface area contributed by atoms with Crippen LogP contribution in [-0.2, 0) is 14.8 Å². The zero-order valence-electron chi connectivity index (χ0n) is 14.3. The highest BCUT2D eigenvalue weighted by atomic mass is 32.2. The summed E-state index contributed by atoms with van der Waals surface area (Å²) in [6, 6.07) is 2.45. The van der Waals surface area contributed by atoms with Crippen molar-refractivity contribution in [2.45, 2.75) is 23.8 Å². The fraction of sp³-hybridized carbons (Fsp3) is 0.429. The molecule has 1 aliphatic rings. The zero-order chi connectivity index (χ0) is 19.1. The van der Waals surface area contributed by atoms with Gasteiger partial charge in [-0.25, -0.2) is 17.4 Å². The van der Waals surface area contributed by atoms with Gasteiger partial charge in [-0.15, -0.1) is 0 Å². The Morgan fingerprint density at radius 1 is 1.31 bits per heavy atom. The van der Waals surface area contributed by atoms with Gasteiger partial charge in [-0.05, 0) is 35.3 Å². The summed E-state index contributed by atoms with van der Waals surface area (Å²) in [7, 11) is -0.882. The molecule has 1 amide bonds. The SMILES string of the molecule is CN(C)S(=O)(=O)c1ccc(N2CCC[C@H]2C(=O)N=C(N)N)c2nonc12. The van der Waals surface area contributed by atoms with Crippen molar-refractivity contribution in [1.82, 2.24) is 14.6 Å². The van der Waals surface area contributed by atoms with Gasteiger partial charge in [-0.1, -0.05) is 0 Å². The number of aromatic nitrogens is 2. The van der Waals surface area contributed by atoms with E-state index in [0.29, 0.717) is 18.7 Å². The van der Waals surface area contributed by atoms with Crippen molar-refractivity contribution in [2.24, 2.45) is 16.5 Å². The molecule has 1 aromatic heterocycles. The Kier molecular flexibility index (Phi) is 4.54. The monoisotopic (exact) mass is 381 g/mol. The van der Waals surface area contributed by atoms with Crippen LogP contribution in [0.15, 0.2) is 26.6 Å². The molecule has 1 aliphatic heterocycles. The van der Waals surface area contributed by atoms with Crippen molar-refractivity contribution < 1.29 is 17.8 Å². The Labute approximate surface area is 149 Å². The van der Waals surface area contributed by atoms with Crippen molar-refractivity contribution in [3.8, 4) is 0 Å². The molecule has 0 aliphatic carbocycles. The minimum atomic E-state index is -3.73. The Morgan fingerprint density at radius 3 is 2.65 bits per heavy atom. The van der Waals surface area contributed by atoms with E-state index in [2.05, 4.69) is 15.3 Å². The highest BCUT2D eigenvalue weighted by Gasteiger charge is 2.34. The number of rotatable bonds is 4. The van der Waals surface area contributed by atoms with Gasteiger partial charge in [0.2, 0.25) is 10.0 Å². The molecule has 3 rings (SSSR count). The average Bonchev–Trinajstić information content (AvgIpc) is 3.22. The molecule has 0 radical (unpaired) electrons. The number of carbonyl (C=O) groups is 1. The van der Waals surface area contributed by atoms with E-state index in [4.69, 9.17) is 16.1 Å². The molecule has 0 bridgehead atoms. The van der Waals surface area contributed by atoms with Crippen LogP contribution in [0, 0.1) is 0 Å². The summed E-state index contributed by atoms with van der Waals surface area (Å²) in [5.74, 6) is -0.764. The zero-order valence-corrected chi connectivity index (χ0v) is 15.1. The topological polar surface area (TPSA) is 161 Å². The number of carbonyl (C=O) groups excluding carboxylic acids is 1. The number of sulfonamides is 1. The molecular weight excluding hydrogens is 362 g/mol. The number of hydrogen-bond acceptors (Lipinski definition) is 7. The molecule has 2 heterocycles. The van der Waals surface area contributed by atoms with E-state index < -0.39 is 22.0 Å². The maximum Gasteiger partial charge on any atom is 0.271 e. The first-order valence-corrected chi connectivity index (χ1v) is 9.25. The molecule has 26 heavy (non-hydrogen) atoms. The summed E-state index contributed by atoms with van der Waals surface area (Å²) in [6.07, 6.45) is 1.32. The predicted octanol–water partition coefficient (Wildman–Crippen LogP) is -0.758. The van der Waals surface area contributed by atoms with Crippen LogP contribution in [-0.4, -0.2) is 61.6 Å². The van der Waals surface area contributed by atoms with E-state index in [0.717, 1.165) is 10.7 Å². The van der Waals surface area contributed by atoms with Crippen molar-refractivity contribution in [3.05, 3.63) is 12.1 Å². The van der Waals surface area contributed by atoms with Crippen LogP contribution >= 0.6 is 0 Å². The molecule has 140 valence electrons. The highest BCUT2D eigenvalue weighted by molar-refractivity contribution is 7.89. The van der Waals surface area contributed by atoms with Crippen LogP contribution in [0.4, 0.5) is 5.69 Å². The lowest BCUT2D eigenvalue weighted by Crippen LogP contribution is -2.37. The molecule has 1 atom stereocenters. The van der Waals surface area contributed by atoms with Gasteiger partial charge in [-0.3, -0.25) is 4.79 Å². The smallest absolute Gasteiger partial charge is 0.271 e. The first kappa shape index (κ1) is 18.1. The van der Waals surface area contributed by atoms with E-state index in [1.807, 2.05) is 0 Å². The summed E-state index contributed by atoms with van der Waals surface area (Å²) in [6.45, 7) is 0.568. The third kappa shape index (κ3) is 2.97. The van der Waals surface area contributed by atoms with Gasteiger partial charge in [0.05, 0.1) is 5.69 Å². The maximum absolute atomic E-state index is 12.5. The second kappa shape index (κ2) is 6.53. The molecule has 0 unspecified atom stereocenters. The number of aliphatic imine (C=N–C) groups is 1. The Hall–Kier alpha value is -2.73. The molecule has 12 heteroatoms. The summed E-state index contributed by atoms with van der Waals surface area (Å²) >= 11 is 0. The number of amides is 1. The van der Waals surface area contributed by atoms with Gasteiger partial charge >= 0.3 is 0 Å². The summed E-state index contributed by atoms with van der Waals surface area (Å²) in [5, 5.41) is 7.59. The predicted molar refractivity (Wildman–Crippen MR) is 93.9 cm³/mol. The first-order valence-electron chi connectivity index (χ1n) is 7.81. The molecule has 4 N–H and O–H groups in total. The molecule has 1 aromatic carbocycles. The van der Waals surface area contributed by atoms with Gasteiger partial charge in [0, 0.05) is 20.6 Å². The fourth-order valence-corrected chi connectivity index (χ4v) is 3.99. The molecule has 11 nitrogen and oxygen atoms in total. The highest BCUT2D eigenvalue weighted by Crippen LogP contribution is 2.34. The minimum absolute atomic E-state index is 0.0196. The van der Waals surface area contributed by atoms with Crippen molar-refractivity contribution in [1.29, 1.82) is 0 Å². The largest absolute Gasteiger partial charge is 0.370 e. The van der Waals surface area contributed by atoms with Crippen LogP contribution in [0.5, 0.6) is 0 Å². The Balaban J connectivity index is 2.09. The van der Waals surface area contributed by atoms with Crippen LogP contribution in [0.3, 0.4) is 0 Å². The molecule has 1 fully saturated rings. The van der Waals surface area contributed by atoms with Crippen molar-refractivity contribution in [2.75, 3.05) is 25.5 Å². The second-order valence-corrected chi connectivity index (χ2v) is 8.18. The number of anilines is 1. The van der Waals surface area contributed by atoms with Gasteiger partial charge in [0.15, 0.2) is 17.0 Å². The van der Waals surface area contributed by atoms with Crippen LogP contribution in [0.1, 0.15) is 12.8 Å². The Morgan fingerprint density at radius 2 is 2.00 bits per heavy atom. The standard InChI is InChI=1S/C14H19N7O4S/c1-20(2)26(23,24)10-6-5-8(11-12(10)19-25-18-11)21-7-3-4-9(21)13(22)17-14(15)16/h5-6,9H,3-4,7H2,1-2H3,(H4,15,16,17,22)/t9-/m0/s1. The van der Waals surface area contributed by atoms with Crippen molar-refractivity contribution in [3.63, 3.8) is 0 Å². The molecule has 1 saturated heterocycles. The third-order valence-electron chi connectivity index (χ3n) is 4.20. The van der Waals surface area contributed by atoms with Crippen LogP contribution in [0.2, 0.25) is 0 Å². The van der Waals surface area contributed by atoms with Gasteiger partial charge in [-0.2, -0.15) is 4.99 Å². The number of guanidine groups is 1. The first-order chi connectivity index (χ1) is 12.2. The normalized spacial score (nSPS) is 17.8. The fourth-order valence-electron chi connectivity index (χ4n) is 2.98. The second-order valence-electron chi connectivity index (χ2n) is 6.06. The quantitative estimate of drug-likeness (QED) is 0.512. The van der Waals surface area contributed by atoms with Crippen LogP contribution in [0.25, 0.3) is 11.0 Å². The molecular formula is C14H19N7O4S. The number of benzene rings is 1. The summed E-state index contributed by atoms with van der Waals surface area (Å²) in [5.41, 5.74) is 11.5. The molecule has 0 spiro atoms. The van der Waals surface area contributed by atoms with E-state index in [-0.39, 0.29) is 21.9 Å². The Bertz CT molecular complexity index is 978. The number of fused-ring (bicyclic) bond motifs is 1. The van der Waals surface area contributed by atoms with Crippen molar-refractivity contribution >= 4 is 38.6 Å². The van der Waals surface area contributed by atoms with E-state index in [1.54, 1.807) is 11.0 Å². The average molecular weight is 381 g/mol.